The number of carboxylic acids is 1. The van der Waals surface area contributed by atoms with Crippen LogP contribution in [0.4, 0.5) is 10.8 Å². The number of fused-ring (bicyclic) bond motifs is 1. The Kier molecular flexibility index (Phi) is 6.77. The molecule has 5 rings (SSSR count). The van der Waals surface area contributed by atoms with E-state index in [0.29, 0.717) is 57.2 Å². The van der Waals surface area contributed by atoms with Crippen LogP contribution < -0.4 is 14.4 Å². The Morgan fingerprint density at radius 3 is 2.50 bits per heavy atom. The zero-order valence-electron chi connectivity index (χ0n) is 18.4. The molecule has 0 saturated heterocycles. The molecule has 0 spiro atoms. The molecule has 0 radical (unpaired) electrons. The maximum atomic E-state index is 13.4. The highest BCUT2D eigenvalue weighted by Crippen LogP contribution is 2.42. The van der Waals surface area contributed by atoms with Crippen LogP contribution in [0.25, 0.3) is 0 Å². The standard InChI is InChI=1S/C25H17Cl2N3O5S/c26-15-3-5-16(6-4-15)30(25-29-28-13-36-25)23(31)14-1-7-17(8-2-14)35-22-12-21-19(11-20(22)27)18(24(32)33)9-10-34-21/h1-8,11-13,18H,9-10H2,(H,32,33). The van der Waals surface area contributed by atoms with Crippen LogP contribution in [-0.4, -0.2) is 33.8 Å². The Bertz CT molecular complexity index is 1410. The predicted octanol–water partition coefficient (Wildman–Crippen LogP) is 6.57. The molecule has 0 bridgehead atoms. The van der Waals surface area contributed by atoms with Crippen molar-refractivity contribution in [2.24, 2.45) is 0 Å². The zero-order valence-corrected chi connectivity index (χ0v) is 20.8. The molecule has 1 aliphatic heterocycles. The van der Waals surface area contributed by atoms with Gasteiger partial charge in [-0.3, -0.25) is 14.5 Å². The van der Waals surface area contributed by atoms with E-state index in [-0.39, 0.29) is 10.9 Å². The molecule has 0 aliphatic carbocycles. The van der Waals surface area contributed by atoms with Crippen LogP contribution in [0.5, 0.6) is 17.2 Å². The van der Waals surface area contributed by atoms with Gasteiger partial charge < -0.3 is 14.6 Å². The second-order valence-electron chi connectivity index (χ2n) is 7.81. The third-order valence-electron chi connectivity index (χ3n) is 5.56. The van der Waals surface area contributed by atoms with Gasteiger partial charge in [0.05, 0.1) is 23.2 Å². The van der Waals surface area contributed by atoms with Gasteiger partial charge in [0.1, 0.15) is 22.8 Å². The summed E-state index contributed by atoms with van der Waals surface area (Å²) in [5.74, 6) is -0.728. The van der Waals surface area contributed by atoms with Gasteiger partial charge in [-0.15, -0.1) is 10.2 Å². The van der Waals surface area contributed by atoms with Gasteiger partial charge in [0.25, 0.3) is 5.91 Å². The highest BCUT2D eigenvalue weighted by Gasteiger charge is 2.29. The third kappa shape index (κ3) is 4.86. The van der Waals surface area contributed by atoms with E-state index >= 15 is 0 Å². The number of ether oxygens (including phenoxy) is 2. The zero-order chi connectivity index (χ0) is 25.2. The average molecular weight is 542 g/mol. The van der Waals surface area contributed by atoms with Gasteiger partial charge in [-0.25, -0.2) is 0 Å². The molecule has 0 fully saturated rings. The van der Waals surface area contributed by atoms with Crippen molar-refractivity contribution in [3.63, 3.8) is 0 Å². The van der Waals surface area contributed by atoms with Gasteiger partial charge in [0, 0.05) is 22.2 Å². The second kappa shape index (κ2) is 10.1. The Labute approximate surface area is 219 Å². The molecule has 4 aromatic rings. The van der Waals surface area contributed by atoms with E-state index in [0.717, 1.165) is 0 Å². The number of amides is 1. The number of rotatable bonds is 6. The number of hydrogen-bond donors (Lipinski definition) is 1. The van der Waals surface area contributed by atoms with Gasteiger partial charge in [-0.2, -0.15) is 0 Å². The highest BCUT2D eigenvalue weighted by atomic mass is 35.5. The Morgan fingerprint density at radius 1 is 1.08 bits per heavy atom. The van der Waals surface area contributed by atoms with Crippen molar-refractivity contribution in [1.82, 2.24) is 10.2 Å². The largest absolute Gasteiger partial charge is 0.493 e. The molecular weight excluding hydrogens is 525 g/mol. The summed E-state index contributed by atoms with van der Waals surface area (Å²) in [5.41, 5.74) is 3.07. The highest BCUT2D eigenvalue weighted by molar-refractivity contribution is 7.13. The minimum atomic E-state index is -0.925. The monoisotopic (exact) mass is 541 g/mol. The Morgan fingerprint density at radius 2 is 1.83 bits per heavy atom. The summed E-state index contributed by atoms with van der Waals surface area (Å²) in [6, 6.07) is 16.5. The number of halogens is 2. The number of anilines is 2. The molecule has 0 saturated carbocycles. The van der Waals surface area contributed by atoms with Crippen molar-refractivity contribution in [3.8, 4) is 17.2 Å². The lowest BCUT2D eigenvalue weighted by atomic mass is 9.93. The van der Waals surface area contributed by atoms with Gasteiger partial charge >= 0.3 is 5.97 Å². The lowest BCUT2D eigenvalue weighted by molar-refractivity contribution is -0.139. The van der Waals surface area contributed by atoms with Crippen LogP contribution in [0, 0.1) is 0 Å². The molecule has 182 valence electrons. The van der Waals surface area contributed by atoms with Crippen LogP contribution in [-0.2, 0) is 4.79 Å². The van der Waals surface area contributed by atoms with Crippen LogP contribution in [0.15, 0.2) is 66.2 Å². The first-order valence-electron chi connectivity index (χ1n) is 10.7. The summed E-state index contributed by atoms with van der Waals surface area (Å²) in [5, 5.41) is 18.6. The number of nitrogens with zero attached hydrogens (tertiary/aromatic N) is 3. The summed E-state index contributed by atoms with van der Waals surface area (Å²) in [6.45, 7) is 0.292. The Balaban J connectivity index is 1.39. The smallest absolute Gasteiger partial charge is 0.311 e. The van der Waals surface area contributed by atoms with Crippen molar-refractivity contribution in [1.29, 1.82) is 0 Å². The van der Waals surface area contributed by atoms with Crippen molar-refractivity contribution in [2.75, 3.05) is 11.5 Å². The maximum absolute atomic E-state index is 13.4. The molecule has 36 heavy (non-hydrogen) atoms. The first-order chi connectivity index (χ1) is 17.4. The molecule has 11 heteroatoms. The second-order valence-corrected chi connectivity index (χ2v) is 9.47. The molecule has 2 heterocycles. The molecular formula is C25H17Cl2N3O5S. The number of benzene rings is 3. The van der Waals surface area contributed by atoms with Crippen LogP contribution >= 0.6 is 34.5 Å². The summed E-state index contributed by atoms with van der Waals surface area (Å²) < 4.78 is 11.5. The fourth-order valence-corrected chi connectivity index (χ4v) is 4.73. The van der Waals surface area contributed by atoms with E-state index in [9.17, 15) is 14.7 Å². The Hall–Kier alpha value is -3.66. The maximum Gasteiger partial charge on any atom is 0.311 e. The van der Waals surface area contributed by atoms with Gasteiger partial charge in [-0.05, 0) is 61.0 Å². The number of carbonyl (C=O) groups excluding carboxylic acids is 1. The lowest BCUT2D eigenvalue weighted by Gasteiger charge is -2.24. The normalized spacial score (nSPS) is 14.4. The lowest BCUT2D eigenvalue weighted by Crippen LogP contribution is -2.25. The van der Waals surface area contributed by atoms with Crippen molar-refractivity contribution in [3.05, 3.63) is 87.3 Å². The topological polar surface area (TPSA) is 102 Å². The number of carboxylic acid groups (broad SMARTS) is 1. The SMILES string of the molecule is O=C(O)C1CCOc2cc(Oc3ccc(C(=O)N(c4ccc(Cl)cc4)c4nncs4)cc3)c(Cl)cc21. The van der Waals surface area contributed by atoms with E-state index in [1.165, 1.54) is 16.2 Å². The first-order valence-corrected chi connectivity index (χ1v) is 12.4. The van der Waals surface area contributed by atoms with E-state index < -0.39 is 11.9 Å². The van der Waals surface area contributed by atoms with E-state index in [4.69, 9.17) is 32.7 Å². The quantitative estimate of drug-likeness (QED) is 0.294. The average Bonchev–Trinajstić information content (AvgIpc) is 3.40. The summed E-state index contributed by atoms with van der Waals surface area (Å²) >= 11 is 13.6. The van der Waals surface area contributed by atoms with E-state index in [2.05, 4.69) is 10.2 Å². The van der Waals surface area contributed by atoms with Gasteiger partial charge in [0.2, 0.25) is 5.13 Å². The van der Waals surface area contributed by atoms with Crippen LogP contribution in [0.1, 0.15) is 28.3 Å². The van der Waals surface area contributed by atoms with Crippen LogP contribution in [0.3, 0.4) is 0 Å². The third-order valence-corrected chi connectivity index (χ3v) is 6.78. The fraction of sp³-hybridized carbons (Fsp3) is 0.120. The molecule has 1 aliphatic rings. The minimum absolute atomic E-state index is 0.260. The summed E-state index contributed by atoms with van der Waals surface area (Å²) in [4.78, 5) is 26.4. The molecule has 1 aromatic heterocycles. The molecule has 1 atom stereocenters. The van der Waals surface area contributed by atoms with Gasteiger partial charge in [0.15, 0.2) is 0 Å². The number of aromatic nitrogens is 2. The fourth-order valence-electron chi connectivity index (χ4n) is 3.82. The van der Waals surface area contributed by atoms with E-state index in [1.54, 1.807) is 66.2 Å². The molecule has 1 N–H and O–H groups in total. The molecule has 8 nitrogen and oxygen atoms in total. The molecule has 3 aromatic carbocycles. The predicted molar refractivity (Wildman–Crippen MR) is 136 cm³/mol. The number of carbonyl (C=O) groups is 2. The van der Waals surface area contributed by atoms with Crippen molar-refractivity contribution < 1.29 is 24.2 Å². The number of hydrogen-bond acceptors (Lipinski definition) is 7. The number of aliphatic carboxylic acids is 1. The van der Waals surface area contributed by atoms with Crippen LogP contribution in [0.2, 0.25) is 10.0 Å². The summed E-state index contributed by atoms with van der Waals surface area (Å²) in [7, 11) is 0. The molecule has 1 unspecified atom stereocenters. The van der Waals surface area contributed by atoms with E-state index in [1.807, 2.05) is 0 Å². The first kappa shape index (κ1) is 24.1. The minimum Gasteiger partial charge on any atom is -0.493 e. The van der Waals surface area contributed by atoms with Crippen molar-refractivity contribution in [2.45, 2.75) is 12.3 Å². The van der Waals surface area contributed by atoms with Gasteiger partial charge in [-0.1, -0.05) is 34.5 Å². The van der Waals surface area contributed by atoms with Crippen molar-refractivity contribution >= 4 is 57.2 Å². The summed E-state index contributed by atoms with van der Waals surface area (Å²) in [6.07, 6.45) is 0.373. The molecule has 1 amide bonds.